The van der Waals surface area contributed by atoms with E-state index in [4.69, 9.17) is 5.73 Å². The molecule has 4 nitrogen and oxygen atoms in total. The molecule has 2 N–H and O–H groups in total. The van der Waals surface area contributed by atoms with Crippen LogP contribution in [-0.2, 0) is 0 Å². The summed E-state index contributed by atoms with van der Waals surface area (Å²) in [5.74, 6) is 1.64. The number of fused-ring (bicyclic) bond motifs is 1. The molecule has 0 aromatic carbocycles. The van der Waals surface area contributed by atoms with Crippen molar-refractivity contribution in [3.05, 3.63) is 18.2 Å². The monoisotopic (exact) mass is 236 g/mol. The van der Waals surface area contributed by atoms with Crippen molar-refractivity contribution in [2.24, 2.45) is 17.6 Å². The second kappa shape index (κ2) is 4.22. The minimum absolute atomic E-state index is 0.352. The number of aromatic nitrogens is 2. The zero-order valence-corrected chi connectivity index (χ0v) is 9.72. The summed E-state index contributed by atoms with van der Waals surface area (Å²) in [5, 5.41) is 0. The van der Waals surface area contributed by atoms with Crippen LogP contribution in [0, 0.1) is 17.7 Å². The van der Waals surface area contributed by atoms with Gasteiger partial charge >= 0.3 is 0 Å². The van der Waals surface area contributed by atoms with Crippen molar-refractivity contribution in [1.29, 1.82) is 0 Å². The molecule has 3 rings (SSSR count). The molecule has 1 aliphatic carbocycles. The van der Waals surface area contributed by atoms with E-state index in [1.165, 1.54) is 18.8 Å². The third kappa shape index (κ3) is 2.11. The predicted molar refractivity (Wildman–Crippen MR) is 63.0 cm³/mol. The SMILES string of the molecule is NC1CC[C@@H]2CN(c3ncc(F)cn3)C[C@@H]2C1. The fraction of sp³-hybridized carbons (Fsp3) is 0.667. The van der Waals surface area contributed by atoms with E-state index in [-0.39, 0.29) is 5.82 Å². The van der Waals surface area contributed by atoms with Crippen LogP contribution in [0.1, 0.15) is 19.3 Å². The van der Waals surface area contributed by atoms with Gasteiger partial charge in [0.15, 0.2) is 5.82 Å². The summed E-state index contributed by atoms with van der Waals surface area (Å²) in [7, 11) is 0. The highest BCUT2D eigenvalue weighted by Gasteiger charge is 2.37. The molecule has 92 valence electrons. The summed E-state index contributed by atoms with van der Waals surface area (Å²) in [6.45, 7) is 1.95. The van der Waals surface area contributed by atoms with E-state index < -0.39 is 0 Å². The summed E-state index contributed by atoms with van der Waals surface area (Å²) in [6, 6.07) is 0.352. The summed E-state index contributed by atoms with van der Waals surface area (Å²) in [4.78, 5) is 10.3. The molecule has 0 bridgehead atoms. The Labute approximate surface area is 100 Å². The largest absolute Gasteiger partial charge is 0.340 e. The topological polar surface area (TPSA) is 55.0 Å². The van der Waals surface area contributed by atoms with Gasteiger partial charge in [-0.05, 0) is 31.1 Å². The van der Waals surface area contributed by atoms with E-state index in [9.17, 15) is 4.39 Å². The van der Waals surface area contributed by atoms with Crippen molar-refractivity contribution >= 4 is 5.95 Å². The second-order valence-electron chi connectivity index (χ2n) is 5.20. The van der Waals surface area contributed by atoms with E-state index in [0.29, 0.717) is 23.8 Å². The Bertz CT molecular complexity index is 394. The van der Waals surface area contributed by atoms with E-state index in [2.05, 4.69) is 14.9 Å². The molecule has 0 radical (unpaired) electrons. The van der Waals surface area contributed by atoms with Crippen molar-refractivity contribution in [2.45, 2.75) is 25.3 Å². The van der Waals surface area contributed by atoms with Gasteiger partial charge in [0.2, 0.25) is 5.95 Å². The van der Waals surface area contributed by atoms with Crippen LogP contribution in [0.2, 0.25) is 0 Å². The Morgan fingerprint density at radius 2 is 1.88 bits per heavy atom. The van der Waals surface area contributed by atoms with Crippen molar-refractivity contribution in [3.63, 3.8) is 0 Å². The highest BCUT2D eigenvalue weighted by Crippen LogP contribution is 2.36. The molecule has 1 saturated heterocycles. The molecule has 1 aliphatic heterocycles. The van der Waals surface area contributed by atoms with Crippen LogP contribution in [0.4, 0.5) is 10.3 Å². The van der Waals surface area contributed by atoms with Gasteiger partial charge in [-0.25, -0.2) is 14.4 Å². The average Bonchev–Trinajstić information content (AvgIpc) is 2.72. The van der Waals surface area contributed by atoms with Crippen LogP contribution in [0.3, 0.4) is 0 Å². The van der Waals surface area contributed by atoms with Crippen LogP contribution in [0.25, 0.3) is 0 Å². The number of nitrogens with two attached hydrogens (primary N) is 1. The first kappa shape index (κ1) is 10.9. The van der Waals surface area contributed by atoms with E-state index in [1.54, 1.807) is 0 Å². The van der Waals surface area contributed by atoms with Crippen molar-refractivity contribution in [3.8, 4) is 0 Å². The maximum absolute atomic E-state index is 12.8. The Balaban J connectivity index is 1.73. The lowest BCUT2D eigenvalue weighted by atomic mass is 9.79. The lowest BCUT2D eigenvalue weighted by Gasteiger charge is -2.27. The molecular formula is C12H17FN4. The number of halogens is 1. The van der Waals surface area contributed by atoms with Crippen LogP contribution < -0.4 is 10.6 Å². The number of hydrogen-bond acceptors (Lipinski definition) is 4. The van der Waals surface area contributed by atoms with E-state index in [1.807, 2.05) is 0 Å². The molecule has 0 spiro atoms. The van der Waals surface area contributed by atoms with Crippen molar-refractivity contribution in [1.82, 2.24) is 9.97 Å². The Kier molecular flexibility index (Phi) is 2.70. The van der Waals surface area contributed by atoms with Gasteiger partial charge in [0.05, 0.1) is 12.4 Å². The molecule has 1 aromatic heterocycles. The molecule has 3 atom stereocenters. The third-order valence-corrected chi connectivity index (χ3v) is 3.98. The Morgan fingerprint density at radius 3 is 2.65 bits per heavy atom. The predicted octanol–water partition coefficient (Wildman–Crippen LogP) is 1.18. The van der Waals surface area contributed by atoms with Gasteiger partial charge in [0, 0.05) is 19.1 Å². The maximum atomic E-state index is 12.8. The molecule has 2 aliphatic rings. The molecule has 2 fully saturated rings. The third-order valence-electron chi connectivity index (χ3n) is 3.98. The standard InChI is InChI=1S/C12H17FN4/c13-10-4-15-12(16-5-10)17-6-8-1-2-11(14)3-9(8)7-17/h4-5,8-9,11H,1-3,6-7,14H2/t8-,9+,11?/m1/s1. The molecule has 2 heterocycles. The first-order chi connectivity index (χ1) is 8.22. The number of nitrogens with zero attached hydrogens (tertiary/aromatic N) is 3. The van der Waals surface area contributed by atoms with Crippen LogP contribution in [-0.4, -0.2) is 29.1 Å². The summed E-state index contributed by atoms with van der Waals surface area (Å²) in [5.41, 5.74) is 6.00. The number of hydrogen-bond donors (Lipinski definition) is 1. The fourth-order valence-corrected chi connectivity index (χ4v) is 3.10. The van der Waals surface area contributed by atoms with Gasteiger partial charge < -0.3 is 10.6 Å². The van der Waals surface area contributed by atoms with Crippen molar-refractivity contribution < 1.29 is 4.39 Å². The van der Waals surface area contributed by atoms with Crippen LogP contribution >= 0.6 is 0 Å². The molecule has 1 unspecified atom stereocenters. The molecule has 0 amide bonds. The molecule has 17 heavy (non-hydrogen) atoms. The molecule has 5 heteroatoms. The zero-order valence-electron chi connectivity index (χ0n) is 9.72. The number of anilines is 1. The van der Waals surface area contributed by atoms with Gasteiger partial charge in [-0.15, -0.1) is 0 Å². The van der Waals surface area contributed by atoms with E-state index in [0.717, 1.165) is 25.9 Å². The Morgan fingerprint density at radius 1 is 1.18 bits per heavy atom. The summed E-state index contributed by atoms with van der Waals surface area (Å²) >= 11 is 0. The first-order valence-corrected chi connectivity index (χ1v) is 6.20. The first-order valence-electron chi connectivity index (χ1n) is 6.20. The maximum Gasteiger partial charge on any atom is 0.225 e. The molecular weight excluding hydrogens is 219 g/mol. The minimum Gasteiger partial charge on any atom is -0.340 e. The molecule has 1 aromatic rings. The van der Waals surface area contributed by atoms with Gasteiger partial charge in [-0.2, -0.15) is 0 Å². The van der Waals surface area contributed by atoms with Gasteiger partial charge in [-0.3, -0.25) is 0 Å². The second-order valence-corrected chi connectivity index (χ2v) is 5.20. The van der Waals surface area contributed by atoms with Gasteiger partial charge in [0.1, 0.15) is 0 Å². The summed E-state index contributed by atoms with van der Waals surface area (Å²) in [6.07, 6.45) is 5.89. The van der Waals surface area contributed by atoms with Crippen molar-refractivity contribution in [2.75, 3.05) is 18.0 Å². The van der Waals surface area contributed by atoms with Gasteiger partial charge in [-0.1, -0.05) is 0 Å². The normalized spacial score (nSPS) is 32.6. The zero-order chi connectivity index (χ0) is 11.8. The molecule has 1 saturated carbocycles. The average molecular weight is 236 g/mol. The Hall–Kier alpha value is -1.23. The lowest BCUT2D eigenvalue weighted by molar-refractivity contribution is 0.271. The summed E-state index contributed by atoms with van der Waals surface area (Å²) < 4.78 is 12.8. The van der Waals surface area contributed by atoms with Crippen LogP contribution in [0.5, 0.6) is 0 Å². The highest BCUT2D eigenvalue weighted by atomic mass is 19.1. The van der Waals surface area contributed by atoms with Crippen LogP contribution in [0.15, 0.2) is 12.4 Å². The van der Waals surface area contributed by atoms with E-state index >= 15 is 0 Å². The number of rotatable bonds is 1. The lowest BCUT2D eigenvalue weighted by Crippen LogP contribution is -2.32. The van der Waals surface area contributed by atoms with Gasteiger partial charge in [0.25, 0.3) is 0 Å². The minimum atomic E-state index is -0.382. The smallest absolute Gasteiger partial charge is 0.225 e. The highest BCUT2D eigenvalue weighted by molar-refractivity contribution is 5.31. The fourth-order valence-electron chi connectivity index (χ4n) is 3.10. The quantitative estimate of drug-likeness (QED) is 0.795.